The summed E-state index contributed by atoms with van der Waals surface area (Å²) in [5.74, 6) is 0.748. The maximum Gasteiger partial charge on any atom is 0.320 e. The Balaban J connectivity index is 2.34. The molecule has 0 saturated carbocycles. The van der Waals surface area contributed by atoms with Crippen LogP contribution in [-0.4, -0.2) is 42.8 Å². The highest BCUT2D eigenvalue weighted by Crippen LogP contribution is 2.38. The largest absolute Gasteiger partial charge is 0.497 e. The van der Waals surface area contributed by atoms with Crippen LogP contribution >= 0.6 is 0 Å². The van der Waals surface area contributed by atoms with E-state index in [-0.39, 0.29) is 6.04 Å². The first-order chi connectivity index (χ1) is 10.1. The molecule has 2 unspecified atom stereocenters. The Hall–Kier alpha value is -1.75. The van der Waals surface area contributed by atoms with E-state index in [9.17, 15) is 9.90 Å². The minimum atomic E-state index is -0.738. The maximum absolute atomic E-state index is 11.4. The molecule has 1 N–H and O–H groups in total. The molecule has 0 aromatic heterocycles. The Morgan fingerprint density at radius 3 is 2.76 bits per heavy atom. The predicted octanol–water partition coefficient (Wildman–Crippen LogP) is 2.70. The van der Waals surface area contributed by atoms with Crippen molar-refractivity contribution in [3.63, 3.8) is 0 Å². The van der Waals surface area contributed by atoms with Gasteiger partial charge in [-0.2, -0.15) is 0 Å². The molecule has 5 heteroatoms. The summed E-state index contributed by atoms with van der Waals surface area (Å²) in [6.07, 6.45) is 2.47. The number of hydrogen-bond acceptors (Lipinski definition) is 4. The van der Waals surface area contributed by atoms with Gasteiger partial charge in [0.15, 0.2) is 0 Å². The molecule has 0 spiro atoms. The number of carboxylic acids is 1. The normalized spacial score (nSPS) is 20.2. The summed E-state index contributed by atoms with van der Waals surface area (Å²) >= 11 is 0. The minimum Gasteiger partial charge on any atom is -0.497 e. The van der Waals surface area contributed by atoms with E-state index in [2.05, 4.69) is 11.8 Å². The summed E-state index contributed by atoms with van der Waals surface area (Å²) in [5, 5.41) is 9.39. The van der Waals surface area contributed by atoms with Crippen molar-refractivity contribution in [1.82, 2.24) is 4.90 Å². The fourth-order valence-electron chi connectivity index (χ4n) is 3.15. The molecule has 1 aromatic rings. The summed E-state index contributed by atoms with van der Waals surface area (Å²) in [6.45, 7) is 2.89. The summed E-state index contributed by atoms with van der Waals surface area (Å²) in [6, 6.07) is 5.37. The Morgan fingerprint density at radius 2 is 2.19 bits per heavy atom. The van der Waals surface area contributed by atoms with Gasteiger partial charge in [-0.05, 0) is 31.9 Å². The lowest BCUT2D eigenvalue weighted by atomic mass is 10.00. The standard InChI is InChI=1S/C16H23NO4/c1-4-13(17-9-5-6-14(17)16(18)19)12-8-7-11(20-2)10-15(12)21-3/h7-8,10,13-14H,4-6,9H2,1-3H3,(H,18,19). The van der Waals surface area contributed by atoms with Gasteiger partial charge in [0.25, 0.3) is 0 Å². The van der Waals surface area contributed by atoms with E-state index in [1.165, 1.54) is 0 Å². The van der Waals surface area contributed by atoms with E-state index in [1.807, 2.05) is 18.2 Å². The highest BCUT2D eigenvalue weighted by Gasteiger charge is 2.36. The molecule has 0 amide bonds. The number of likely N-dealkylation sites (tertiary alicyclic amines) is 1. The molecular weight excluding hydrogens is 270 g/mol. The van der Waals surface area contributed by atoms with Crippen molar-refractivity contribution in [3.05, 3.63) is 23.8 Å². The molecule has 1 heterocycles. The van der Waals surface area contributed by atoms with Crippen LogP contribution in [0.5, 0.6) is 11.5 Å². The van der Waals surface area contributed by atoms with Gasteiger partial charge in [0, 0.05) is 17.7 Å². The number of methoxy groups -OCH3 is 2. The Labute approximate surface area is 125 Å². The van der Waals surface area contributed by atoms with E-state index in [1.54, 1.807) is 14.2 Å². The number of ether oxygens (including phenoxy) is 2. The zero-order valence-electron chi connectivity index (χ0n) is 12.8. The number of carbonyl (C=O) groups is 1. The van der Waals surface area contributed by atoms with Gasteiger partial charge in [0.1, 0.15) is 17.5 Å². The molecule has 2 atom stereocenters. The van der Waals surface area contributed by atoms with Gasteiger partial charge in [0.05, 0.1) is 14.2 Å². The van der Waals surface area contributed by atoms with Crippen LogP contribution in [0, 0.1) is 0 Å². The lowest BCUT2D eigenvalue weighted by Gasteiger charge is -2.31. The van der Waals surface area contributed by atoms with Crippen LogP contribution in [0.2, 0.25) is 0 Å². The van der Waals surface area contributed by atoms with Crippen LogP contribution in [0.25, 0.3) is 0 Å². The minimum absolute atomic E-state index is 0.0504. The number of rotatable bonds is 6. The molecule has 1 aliphatic rings. The molecule has 0 radical (unpaired) electrons. The van der Waals surface area contributed by atoms with Crippen molar-refractivity contribution in [1.29, 1.82) is 0 Å². The summed E-state index contributed by atoms with van der Waals surface area (Å²) in [4.78, 5) is 13.5. The molecule has 0 bridgehead atoms. The molecule has 2 rings (SSSR count). The number of carboxylic acid groups (broad SMARTS) is 1. The molecule has 21 heavy (non-hydrogen) atoms. The summed E-state index contributed by atoms with van der Waals surface area (Å²) in [5.41, 5.74) is 1.02. The third-order valence-electron chi connectivity index (χ3n) is 4.17. The molecule has 1 fully saturated rings. The third-order valence-corrected chi connectivity index (χ3v) is 4.17. The lowest BCUT2D eigenvalue weighted by molar-refractivity contribution is -0.143. The molecule has 1 aromatic carbocycles. The van der Waals surface area contributed by atoms with Crippen molar-refractivity contribution in [2.45, 2.75) is 38.3 Å². The van der Waals surface area contributed by atoms with Crippen molar-refractivity contribution in [2.75, 3.05) is 20.8 Å². The van der Waals surface area contributed by atoms with Gasteiger partial charge in [0.2, 0.25) is 0 Å². The van der Waals surface area contributed by atoms with Gasteiger partial charge in [-0.3, -0.25) is 9.69 Å². The second-order valence-electron chi connectivity index (χ2n) is 5.27. The third kappa shape index (κ3) is 3.13. The molecule has 1 saturated heterocycles. The van der Waals surface area contributed by atoms with Crippen molar-refractivity contribution >= 4 is 5.97 Å². The molecular formula is C16H23NO4. The average molecular weight is 293 g/mol. The van der Waals surface area contributed by atoms with E-state index in [4.69, 9.17) is 9.47 Å². The second kappa shape index (κ2) is 6.80. The first kappa shape index (κ1) is 15.6. The van der Waals surface area contributed by atoms with Crippen LogP contribution in [0.1, 0.15) is 37.8 Å². The van der Waals surface area contributed by atoms with Crippen LogP contribution < -0.4 is 9.47 Å². The van der Waals surface area contributed by atoms with Gasteiger partial charge in [-0.15, -0.1) is 0 Å². The molecule has 0 aliphatic carbocycles. The first-order valence-corrected chi connectivity index (χ1v) is 7.32. The Bertz CT molecular complexity index is 503. The van der Waals surface area contributed by atoms with Crippen LogP contribution in [-0.2, 0) is 4.79 Å². The highest BCUT2D eigenvalue weighted by molar-refractivity contribution is 5.74. The quantitative estimate of drug-likeness (QED) is 0.874. The first-order valence-electron chi connectivity index (χ1n) is 7.32. The molecule has 5 nitrogen and oxygen atoms in total. The smallest absolute Gasteiger partial charge is 0.320 e. The highest BCUT2D eigenvalue weighted by atomic mass is 16.5. The zero-order valence-corrected chi connectivity index (χ0v) is 12.8. The van der Waals surface area contributed by atoms with Crippen molar-refractivity contribution < 1.29 is 19.4 Å². The average Bonchev–Trinajstić information content (AvgIpc) is 2.98. The van der Waals surface area contributed by atoms with Crippen LogP contribution in [0.4, 0.5) is 0 Å². The van der Waals surface area contributed by atoms with E-state index in [0.717, 1.165) is 36.4 Å². The van der Waals surface area contributed by atoms with Crippen LogP contribution in [0.3, 0.4) is 0 Å². The SMILES string of the molecule is CCC(c1ccc(OC)cc1OC)N1CCCC1C(=O)O. The monoisotopic (exact) mass is 293 g/mol. The molecule has 1 aliphatic heterocycles. The summed E-state index contributed by atoms with van der Waals surface area (Å²) < 4.78 is 10.7. The number of hydrogen-bond donors (Lipinski definition) is 1. The number of nitrogens with zero attached hydrogens (tertiary/aromatic N) is 1. The number of benzene rings is 1. The zero-order chi connectivity index (χ0) is 15.4. The van der Waals surface area contributed by atoms with Crippen molar-refractivity contribution in [2.24, 2.45) is 0 Å². The predicted molar refractivity (Wildman–Crippen MR) is 79.9 cm³/mol. The second-order valence-corrected chi connectivity index (χ2v) is 5.27. The van der Waals surface area contributed by atoms with Crippen LogP contribution in [0.15, 0.2) is 18.2 Å². The fraction of sp³-hybridized carbons (Fsp3) is 0.562. The summed E-state index contributed by atoms with van der Waals surface area (Å²) in [7, 11) is 3.25. The van der Waals surface area contributed by atoms with Gasteiger partial charge < -0.3 is 14.6 Å². The molecule has 116 valence electrons. The van der Waals surface area contributed by atoms with Gasteiger partial charge >= 0.3 is 5.97 Å². The van der Waals surface area contributed by atoms with Crippen molar-refractivity contribution in [3.8, 4) is 11.5 Å². The van der Waals surface area contributed by atoms with E-state index in [0.29, 0.717) is 6.42 Å². The van der Waals surface area contributed by atoms with E-state index >= 15 is 0 Å². The Morgan fingerprint density at radius 1 is 1.43 bits per heavy atom. The maximum atomic E-state index is 11.4. The fourth-order valence-corrected chi connectivity index (χ4v) is 3.15. The van der Waals surface area contributed by atoms with Gasteiger partial charge in [-0.1, -0.05) is 13.0 Å². The topological polar surface area (TPSA) is 59.0 Å². The number of aliphatic carboxylic acids is 1. The Kier molecular flexibility index (Phi) is 5.07. The van der Waals surface area contributed by atoms with E-state index < -0.39 is 12.0 Å². The lowest BCUT2D eigenvalue weighted by Crippen LogP contribution is -2.38. The van der Waals surface area contributed by atoms with Gasteiger partial charge in [-0.25, -0.2) is 0 Å².